The van der Waals surface area contributed by atoms with Gasteiger partial charge in [-0.25, -0.2) is 15.1 Å². The van der Waals surface area contributed by atoms with Gasteiger partial charge in [-0.1, -0.05) is 18.2 Å². The van der Waals surface area contributed by atoms with Crippen LogP contribution in [0.3, 0.4) is 0 Å². The van der Waals surface area contributed by atoms with Crippen LogP contribution in [0.15, 0.2) is 34.2 Å². The molecule has 140 valence electrons. The smallest absolute Gasteiger partial charge is 0.303 e. The Kier molecular flexibility index (Phi) is 3.64. The molecule has 0 aliphatic carbocycles. The lowest BCUT2D eigenvalue weighted by molar-refractivity contribution is 0.0706. The van der Waals surface area contributed by atoms with Gasteiger partial charge in [-0.05, 0) is 11.1 Å². The van der Waals surface area contributed by atoms with Gasteiger partial charge >= 0.3 is 5.91 Å². The van der Waals surface area contributed by atoms with Crippen LogP contribution in [0.4, 0.5) is 0 Å². The minimum Gasteiger partial charge on any atom is -0.323 e. The van der Waals surface area contributed by atoms with Crippen LogP contribution in [0.5, 0.6) is 0 Å². The van der Waals surface area contributed by atoms with E-state index in [0.29, 0.717) is 34.3 Å². The summed E-state index contributed by atoms with van der Waals surface area (Å²) in [4.78, 5) is 33.3. The Balaban J connectivity index is 1.65. The highest BCUT2D eigenvalue weighted by atomic mass is 32.1. The average molecular weight is 394 g/mol. The number of rotatable bonds is 3. The molecule has 0 bridgehead atoms. The van der Waals surface area contributed by atoms with E-state index >= 15 is 0 Å². The number of hydrogen-bond acceptors (Lipinski definition) is 7. The summed E-state index contributed by atoms with van der Waals surface area (Å²) in [7, 11) is 1.73. The van der Waals surface area contributed by atoms with Crippen molar-refractivity contribution in [1.29, 1.82) is 0 Å². The van der Waals surface area contributed by atoms with Crippen LogP contribution in [-0.2, 0) is 20.1 Å². The van der Waals surface area contributed by atoms with Crippen molar-refractivity contribution in [2.75, 3.05) is 0 Å². The number of aliphatic imine (C=N–C) groups is 1. The molecule has 0 radical (unpaired) electrons. The molecule has 0 saturated heterocycles. The Morgan fingerprint density at radius 1 is 1.39 bits per heavy atom. The number of nitrogens with zero attached hydrogens (tertiary/aromatic N) is 5. The lowest BCUT2D eigenvalue weighted by Gasteiger charge is -2.09. The van der Waals surface area contributed by atoms with Crippen LogP contribution >= 0.6 is 11.3 Å². The van der Waals surface area contributed by atoms with Gasteiger partial charge < -0.3 is 4.57 Å². The number of hydroxylamine groups is 1. The molecule has 28 heavy (non-hydrogen) atoms. The standard InChI is InChI=1S/C18H14N6O3S/c1-23-13-12(14-15(23)21-17(28-14)16(25)22-27)7-20-24(18(13)26)8-10-4-2-3-9-5-19-6-11(9)10/h2-4,6-7,27H,5,8H2,1H3,(H,22,25). The van der Waals surface area contributed by atoms with E-state index in [-0.39, 0.29) is 10.6 Å². The van der Waals surface area contributed by atoms with Crippen LogP contribution in [0.1, 0.15) is 26.5 Å². The highest BCUT2D eigenvalue weighted by Gasteiger charge is 2.21. The van der Waals surface area contributed by atoms with Crippen LogP contribution < -0.4 is 11.0 Å². The molecule has 1 aliphatic rings. The number of thiazole rings is 1. The molecule has 2 N–H and O–H groups in total. The summed E-state index contributed by atoms with van der Waals surface area (Å²) in [5, 5.41) is 13.9. The summed E-state index contributed by atoms with van der Waals surface area (Å²) in [6, 6.07) is 5.96. The van der Waals surface area contributed by atoms with Gasteiger partial charge in [0.05, 0.1) is 24.0 Å². The first-order valence-corrected chi connectivity index (χ1v) is 9.30. The van der Waals surface area contributed by atoms with Gasteiger partial charge in [0.25, 0.3) is 5.56 Å². The van der Waals surface area contributed by atoms with Gasteiger partial charge in [-0.3, -0.25) is 19.8 Å². The Hall–Kier alpha value is -3.37. The Morgan fingerprint density at radius 3 is 3.07 bits per heavy atom. The fraction of sp³-hybridized carbons (Fsp3) is 0.167. The van der Waals surface area contributed by atoms with Gasteiger partial charge in [0.2, 0.25) is 0 Å². The number of nitrogens with one attached hydrogen (secondary N) is 1. The van der Waals surface area contributed by atoms with Gasteiger partial charge in [0, 0.05) is 24.2 Å². The summed E-state index contributed by atoms with van der Waals surface area (Å²) in [6.07, 6.45) is 3.46. The zero-order valence-electron chi connectivity index (χ0n) is 14.7. The summed E-state index contributed by atoms with van der Waals surface area (Å²) in [5.41, 5.74) is 5.50. The van der Waals surface area contributed by atoms with Crippen LogP contribution in [0.2, 0.25) is 0 Å². The first-order valence-electron chi connectivity index (χ1n) is 8.48. The third kappa shape index (κ3) is 2.31. The molecular formula is C18H14N6O3S. The average Bonchev–Trinajstić information content (AvgIpc) is 3.40. The minimum atomic E-state index is -0.685. The maximum atomic E-state index is 13.1. The topological polar surface area (TPSA) is 114 Å². The highest BCUT2D eigenvalue weighted by Crippen LogP contribution is 2.30. The van der Waals surface area contributed by atoms with Gasteiger partial charge in [0.1, 0.15) is 5.52 Å². The third-order valence-corrected chi connectivity index (χ3v) is 5.99. The number of benzene rings is 1. The molecule has 1 amide bonds. The molecule has 9 nitrogen and oxygen atoms in total. The van der Waals surface area contributed by atoms with E-state index in [1.807, 2.05) is 24.4 Å². The maximum Gasteiger partial charge on any atom is 0.303 e. The second-order valence-corrected chi connectivity index (χ2v) is 7.50. The molecule has 10 heteroatoms. The third-order valence-electron chi connectivity index (χ3n) is 4.91. The fourth-order valence-electron chi connectivity index (χ4n) is 3.55. The van der Waals surface area contributed by atoms with Crippen molar-refractivity contribution in [3.05, 3.63) is 56.4 Å². The molecule has 1 aliphatic heterocycles. The molecule has 0 unspecified atom stereocenters. The second kappa shape index (κ2) is 6.08. The number of aryl methyl sites for hydroxylation is 1. The molecule has 3 aromatic heterocycles. The highest BCUT2D eigenvalue weighted by molar-refractivity contribution is 7.21. The minimum absolute atomic E-state index is 0.119. The predicted octanol–water partition coefficient (Wildman–Crippen LogP) is 1.44. The quantitative estimate of drug-likeness (QED) is 0.403. The summed E-state index contributed by atoms with van der Waals surface area (Å²) < 4.78 is 3.77. The number of amides is 1. The largest absolute Gasteiger partial charge is 0.323 e. The molecule has 0 fully saturated rings. The predicted molar refractivity (Wildman–Crippen MR) is 104 cm³/mol. The molecular weight excluding hydrogens is 380 g/mol. The van der Waals surface area contributed by atoms with Gasteiger partial charge in [0.15, 0.2) is 10.7 Å². The van der Waals surface area contributed by atoms with Crippen molar-refractivity contribution in [2.45, 2.75) is 13.1 Å². The molecule has 5 rings (SSSR count). The number of fused-ring (bicyclic) bond motifs is 4. The summed E-state index contributed by atoms with van der Waals surface area (Å²) in [5.74, 6) is -0.685. The van der Waals surface area contributed by atoms with E-state index in [0.717, 1.165) is 28.0 Å². The molecule has 1 aromatic carbocycles. The lowest BCUT2D eigenvalue weighted by Crippen LogP contribution is -2.25. The van der Waals surface area contributed by atoms with Crippen LogP contribution in [0.25, 0.3) is 21.3 Å². The molecule has 4 heterocycles. The first kappa shape index (κ1) is 16.8. The molecule has 0 atom stereocenters. The van der Waals surface area contributed by atoms with Gasteiger partial charge in [-0.15, -0.1) is 11.3 Å². The van der Waals surface area contributed by atoms with Crippen molar-refractivity contribution in [1.82, 2.24) is 24.8 Å². The van der Waals surface area contributed by atoms with E-state index in [4.69, 9.17) is 5.21 Å². The van der Waals surface area contributed by atoms with E-state index < -0.39 is 5.91 Å². The zero-order valence-corrected chi connectivity index (χ0v) is 15.5. The van der Waals surface area contributed by atoms with E-state index in [9.17, 15) is 9.59 Å². The first-order chi connectivity index (χ1) is 13.6. The lowest BCUT2D eigenvalue weighted by atomic mass is 10.0. The van der Waals surface area contributed by atoms with Crippen LogP contribution in [-0.4, -0.2) is 36.7 Å². The Labute approximate surface area is 161 Å². The van der Waals surface area contributed by atoms with Crippen molar-refractivity contribution >= 4 is 44.7 Å². The monoisotopic (exact) mass is 394 g/mol. The SMILES string of the molecule is Cn1c2nc(C(=O)NO)sc2c2cnn(Cc3cccc4c3C=NC4)c(=O)c21. The molecule has 0 saturated carbocycles. The van der Waals surface area contributed by atoms with Crippen LogP contribution in [0, 0.1) is 0 Å². The second-order valence-electron chi connectivity index (χ2n) is 6.50. The van der Waals surface area contributed by atoms with Crippen molar-refractivity contribution in [3.8, 4) is 0 Å². The van der Waals surface area contributed by atoms with Crippen molar-refractivity contribution < 1.29 is 10.0 Å². The number of carbonyl (C=O) groups excluding carboxylic acids is 1. The normalized spacial score (nSPS) is 12.8. The fourth-order valence-corrected chi connectivity index (χ4v) is 4.55. The number of carbonyl (C=O) groups is 1. The zero-order chi connectivity index (χ0) is 19.4. The maximum absolute atomic E-state index is 13.1. The van der Waals surface area contributed by atoms with E-state index in [1.54, 1.807) is 23.3 Å². The molecule has 0 spiro atoms. The molecule has 4 aromatic rings. The van der Waals surface area contributed by atoms with E-state index in [2.05, 4.69) is 15.1 Å². The van der Waals surface area contributed by atoms with Crippen molar-refractivity contribution in [2.24, 2.45) is 12.0 Å². The number of hydrogen-bond donors (Lipinski definition) is 2. The summed E-state index contributed by atoms with van der Waals surface area (Å²) in [6.45, 7) is 1.00. The Bertz CT molecular complexity index is 1360. The Morgan fingerprint density at radius 2 is 2.25 bits per heavy atom. The number of aromatic nitrogens is 4. The summed E-state index contributed by atoms with van der Waals surface area (Å²) >= 11 is 1.11. The van der Waals surface area contributed by atoms with Crippen molar-refractivity contribution in [3.63, 3.8) is 0 Å². The van der Waals surface area contributed by atoms with Gasteiger partial charge in [-0.2, -0.15) is 5.10 Å². The van der Waals surface area contributed by atoms with E-state index in [1.165, 1.54) is 4.68 Å².